The lowest BCUT2D eigenvalue weighted by Gasteiger charge is -2.24. The number of fused-ring (bicyclic) bond motifs is 1. The summed E-state index contributed by atoms with van der Waals surface area (Å²) in [4.78, 5) is 9.23. The van der Waals surface area contributed by atoms with Gasteiger partial charge in [-0.1, -0.05) is 13.8 Å². The van der Waals surface area contributed by atoms with E-state index in [2.05, 4.69) is 58.7 Å². The van der Waals surface area contributed by atoms with E-state index >= 15 is 0 Å². The zero-order valence-corrected chi connectivity index (χ0v) is 14.4. The van der Waals surface area contributed by atoms with Crippen molar-refractivity contribution < 1.29 is 0 Å². The van der Waals surface area contributed by atoms with Crippen LogP contribution in [0.4, 0.5) is 11.8 Å². The number of aromatic nitrogens is 4. The van der Waals surface area contributed by atoms with E-state index in [4.69, 9.17) is 0 Å². The molecule has 1 fully saturated rings. The van der Waals surface area contributed by atoms with Gasteiger partial charge in [-0.05, 0) is 45.7 Å². The van der Waals surface area contributed by atoms with Crippen molar-refractivity contribution in [3.8, 4) is 0 Å². The summed E-state index contributed by atoms with van der Waals surface area (Å²) in [7, 11) is 0. The molecule has 1 aliphatic rings. The van der Waals surface area contributed by atoms with Gasteiger partial charge in [0.15, 0.2) is 11.5 Å². The molecule has 0 atom stereocenters. The number of hydrogen-bond donors (Lipinski definition) is 3. The van der Waals surface area contributed by atoms with Gasteiger partial charge in [-0.15, -0.1) is 5.10 Å². The molecule has 3 heterocycles. The highest BCUT2D eigenvalue weighted by atomic mass is 15.4. The quantitative estimate of drug-likeness (QED) is 0.785. The molecule has 3 rings (SSSR count). The zero-order chi connectivity index (χ0) is 16.4. The van der Waals surface area contributed by atoms with Crippen LogP contribution in [0, 0.1) is 0 Å². The standard InChI is InChI=1S/C16H27N7/c1-10(2)13-9-18-15-14(20-12-5-7-17-8-6-12)21-16(19-11(3)4)22-23(13)15/h9-12,17H,5-8H2,1-4H3,(H2,19,20,21,22). The van der Waals surface area contributed by atoms with Gasteiger partial charge in [-0.2, -0.15) is 4.98 Å². The molecule has 0 aromatic carbocycles. The maximum atomic E-state index is 4.67. The molecule has 2 aromatic rings. The van der Waals surface area contributed by atoms with Crippen LogP contribution in [0.25, 0.3) is 5.65 Å². The largest absolute Gasteiger partial charge is 0.364 e. The van der Waals surface area contributed by atoms with Crippen LogP contribution < -0.4 is 16.0 Å². The Hall–Kier alpha value is -1.89. The van der Waals surface area contributed by atoms with Gasteiger partial charge < -0.3 is 16.0 Å². The molecule has 0 saturated carbocycles. The van der Waals surface area contributed by atoms with Gasteiger partial charge in [0.2, 0.25) is 5.95 Å². The Labute approximate surface area is 137 Å². The highest BCUT2D eigenvalue weighted by Gasteiger charge is 2.19. The number of rotatable bonds is 5. The van der Waals surface area contributed by atoms with Crippen molar-refractivity contribution >= 4 is 17.4 Å². The molecule has 1 aliphatic heterocycles. The summed E-state index contributed by atoms with van der Waals surface area (Å²) in [6.45, 7) is 10.6. The molecule has 126 valence electrons. The van der Waals surface area contributed by atoms with Crippen LogP contribution in [-0.4, -0.2) is 44.8 Å². The topological polar surface area (TPSA) is 79.2 Å². The second kappa shape index (κ2) is 6.70. The molecule has 0 spiro atoms. The third kappa shape index (κ3) is 3.55. The molecule has 7 nitrogen and oxygen atoms in total. The van der Waals surface area contributed by atoms with E-state index in [1.54, 1.807) is 0 Å². The summed E-state index contributed by atoms with van der Waals surface area (Å²) in [5.41, 5.74) is 1.91. The first-order chi connectivity index (χ1) is 11.0. The van der Waals surface area contributed by atoms with Crippen molar-refractivity contribution in [1.82, 2.24) is 24.9 Å². The van der Waals surface area contributed by atoms with E-state index in [1.165, 1.54) is 0 Å². The van der Waals surface area contributed by atoms with Crippen LogP contribution in [0.5, 0.6) is 0 Å². The minimum Gasteiger partial charge on any atom is -0.364 e. The van der Waals surface area contributed by atoms with Crippen LogP contribution in [0.1, 0.15) is 52.1 Å². The normalized spacial score (nSPS) is 16.4. The fourth-order valence-electron chi connectivity index (χ4n) is 2.87. The smallest absolute Gasteiger partial charge is 0.243 e. The Morgan fingerprint density at radius 2 is 1.96 bits per heavy atom. The van der Waals surface area contributed by atoms with Gasteiger partial charge in [-0.25, -0.2) is 9.50 Å². The Balaban J connectivity index is 1.99. The molecule has 0 aliphatic carbocycles. The van der Waals surface area contributed by atoms with Gasteiger partial charge in [-0.3, -0.25) is 0 Å². The van der Waals surface area contributed by atoms with Crippen molar-refractivity contribution in [3.05, 3.63) is 11.9 Å². The summed E-state index contributed by atoms with van der Waals surface area (Å²) >= 11 is 0. The number of piperidine rings is 1. The van der Waals surface area contributed by atoms with Crippen LogP contribution in [0.3, 0.4) is 0 Å². The maximum Gasteiger partial charge on any atom is 0.243 e. The maximum absolute atomic E-state index is 4.67. The molecule has 7 heteroatoms. The zero-order valence-electron chi connectivity index (χ0n) is 14.4. The highest BCUT2D eigenvalue weighted by molar-refractivity contribution is 5.64. The second-order valence-electron chi connectivity index (χ2n) is 6.82. The SMILES string of the molecule is CC(C)Nc1nc(NC2CCNCC2)c2ncc(C(C)C)n2n1. The Morgan fingerprint density at radius 1 is 1.22 bits per heavy atom. The Kier molecular flexibility index (Phi) is 4.66. The summed E-state index contributed by atoms with van der Waals surface area (Å²) < 4.78 is 1.92. The number of hydrogen-bond acceptors (Lipinski definition) is 6. The summed E-state index contributed by atoms with van der Waals surface area (Å²) in [6.07, 6.45) is 4.10. The van der Waals surface area contributed by atoms with Crippen molar-refractivity contribution in [3.63, 3.8) is 0 Å². The molecule has 3 N–H and O–H groups in total. The van der Waals surface area contributed by atoms with E-state index in [-0.39, 0.29) is 6.04 Å². The second-order valence-corrected chi connectivity index (χ2v) is 6.82. The minimum absolute atomic E-state index is 0.283. The number of nitrogens with one attached hydrogen (secondary N) is 3. The first-order valence-corrected chi connectivity index (χ1v) is 8.54. The Morgan fingerprint density at radius 3 is 2.61 bits per heavy atom. The van der Waals surface area contributed by atoms with Crippen LogP contribution in [0.15, 0.2) is 6.20 Å². The first kappa shape index (κ1) is 16.0. The molecule has 0 bridgehead atoms. The average Bonchev–Trinajstić information content (AvgIpc) is 2.92. The van der Waals surface area contributed by atoms with Crippen LogP contribution in [0.2, 0.25) is 0 Å². The number of anilines is 2. The van der Waals surface area contributed by atoms with Gasteiger partial charge >= 0.3 is 0 Å². The third-order valence-corrected chi connectivity index (χ3v) is 4.08. The lowest BCUT2D eigenvalue weighted by molar-refractivity contribution is 0.478. The molecule has 0 amide bonds. The lowest BCUT2D eigenvalue weighted by Crippen LogP contribution is -2.35. The predicted octanol–water partition coefficient (Wildman–Crippen LogP) is 2.23. The van der Waals surface area contributed by atoms with Gasteiger partial charge in [0.05, 0.1) is 11.9 Å². The molecule has 1 saturated heterocycles. The molecular formula is C16H27N7. The van der Waals surface area contributed by atoms with Crippen LogP contribution in [-0.2, 0) is 0 Å². The van der Waals surface area contributed by atoms with Crippen molar-refractivity contribution in [2.75, 3.05) is 23.7 Å². The summed E-state index contributed by atoms with van der Waals surface area (Å²) in [5, 5.41) is 14.9. The van der Waals surface area contributed by atoms with E-state index in [0.717, 1.165) is 43.1 Å². The average molecular weight is 317 g/mol. The molecule has 23 heavy (non-hydrogen) atoms. The molecular weight excluding hydrogens is 290 g/mol. The fourth-order valence-corrected chi connectivity index (χ4v) is 2.87. The number of imidazole rings is 1. The van der Waals surface area contributed by atoms with E-state index < -0.39 is 0 Å². The van der Waals surface area contributed by atoms with E-state index in [1.807, 2.05) is 10.7 Å². The monoisotopic (exact) mass is 317 g/mol. The Bertz CT molecular complexity index is 656. The van der Waals surface area contributed by atoms with Crippen molar-refractivity contribution in [2.45, 2.75) is 58.5 Å². The molecule has 0 radical (unpaired) electrons. The summed E-state index contributed by atoms with van der Waals surface area (Å²) in [6, 6.07) is 0.714. The van der Waals surface area contributed by atoms with Gasteiger partial charge in [0.1, 0.15) is 0 Å². The summed E-state index contributed by atoms with van der Waals surface area (Å²) in [5.74, 6) is 1.82. The third-order valence-electron chi connectivity index (χ3n) is 4.08. The number of nitrogens with zero attached hydrogens (tertiary/aromatic N) is 4. The fraction of sp³-hybridized carbons (Fsp3) is 0.688. The van der Waals surface area contributed by atoms with Gasteiger partial charge in [0, 0.05) is 12.1 Å². The van der Waals surface area contributed by atoms with Crippen molar-refractivity contribution in [2.24, 2.45) is 0 Å². The molecule has 0 unspecified atom stereocenters. The van der Waals surface area contributed by atoms with E-state index in [9.17, 15) is 0 Å². The predicted molar refractivity (Wildman–Crippen MR) is 93.1 cm³/mol. The van der Waals surface area contributed by atoms with Gasteiger partial charge in [0.25, 0.3) is 0 Å². The first-order valence-electron chi connectivity index (χ1n) is 8.54. The highest BCUT2D eigenvalue weighted by Crippen LogP contribution is 2.22. The van der Waals surface area contributed by atoms with E-state index in [0.29, 0.717) is 17.9 Å². The lowest BCUT2D eigenvalue weighted by atomic mass is 10.1. The van der Waals surface area contributed by atoms with Crippen molar-refractivity contribution in [1.29, 1.82) is 0 Å². The minimum atomic E-state index is 0.283. The van der Waals surface area contributed by atoms with Crippen LogP contribution >= 0.6 is 0 Å². The molecule has 2 aromatic heterocycles.